The summed E-state index contributed by atoms with van der Waals surface area (Å²) in [5, 5.41) is 11.5. The fourth-order valence-electron chi connectivity index (χ4n) is 3.12. The van der Waals surface area contributed by atoms with Gasteiger partial charge in [0.15, 0.2) is 11.5 Å². The molecule has 0 fully saturated rings. The molecule has 1 aromatic carbocycles. The smallest absolute Gasteiger partial charge is 0.223 e. The molecule has 0 saturated carbocycles. The number of fused-ring (bicyclic) bond motifs is 1. The second-order valence-corrected chi connectivity index (χ2v) is 6.34. The molecule has 7 heteroatoms. The summed E-state index contributed by atoms with van der Waals surface area (Å²) in [7, 11) is 1.60. The zero-order valence-electron chi connectivity index (χ0n) is 15.2. The molecule has 1 aromatic heterocycles. The topological polar surface area (TPSA) is 78.3 Å². The predicted molar refractivity (Wildman–Crippen MR) is 97.4 cm³/mol. The van der Waals surface area contributed by atoms with Crippen LogP contribution in [0.25, 0.3) is 0 Å². The van der Waals surface area contributed by atoms with Crippen molar-refractivity contribution in [3.8, 4) is 11.5 Å². The summed E-state index contributed by atoms with van der Waals surface area (Å²) in [6.07, 6.45) is 5.60. The maximum Gasteiger partial charge on any atom is 0.223 e. The quantitative estimate of drug-likeness (QED) is 0.782. The van der Waals surface area contributed by atoms with E-state index in [-0.39, 0.29) is 5.91 Å². The van der Waals surface area contributed by atoms with Crippen molar-refractivity contribution in [2.24, 2.45) is 0 Å². The first-order chi connectivity index (χ1) is 12.8. The average molecular weight is 358 g/mol. The Balaban J connectivity index is 1.39. The molecule has 1 aliphatic heterocycles. The van der Waals surface area contributed by atoms with Gasteiger partial charge in [0.1, 0.15) is 11.6 Å². The molecule has 0 bridgehead atoms. The molecule has 0 atom stereocenters. The van der Waals surface area contributed by atoms with Gasteiger partial charge in [-0.15, -0.1) is 10.2 Å². The standard InChI is InChI=1S/C19H26N4O3/c1-25-15-7-4-5-8-16(15)26-14-11-19(24)20-12-10-18-22-21-17-9-3-2-6-13-23(17)18/h4-5,7-8H,2-3,6,9-14H2,1H3,(H,20,24). The number of hydrogen-bond donors (Lipinski definition) is 1. The van der Waals surface area contributed by atoms with Crippen LogP contribution in [-0.2, 0) is 24.2 Å². The second kappa shape index (κ2) is 9.22. The van der Waals surface area contributed by atoms with Gasteiger partial charge in [-0.1, -0.05) is 18.6 Å². The summed E-state index contributed by atoms with van der Waals surface area (Å²) < 4.78 is 13.1. The first-order valence-electron chi connectivity index (χ1n) is 9.21. The lowest BCUT2D eigenvalue weighted by atomic mass is 10.2. The van der Waals surface area contributed by atoms with E-state index in [9.17, 15) is 4.79 Å². The third-order valence-electron chi connectivity index (χ3n) is 4.51. The van der Waals surface area contributed by atoms with E-state index in [0.717, 1.165) is 24.6 Å². The summed E-state index contributed by atoms with van der Waals surface area (Å²) in [4.78, 5) is 12.0. The molecule has 0 unspecified atom stereocenters. The Labute approximate surface area is 153 Å². The highest BCUT2D eigenvalue weighted by Gasteiger charge is 2.14. The number of carbonyl (C=O) groups is 1. The number of aromatic nitrogens is 3. The third-order valence-corrected chi connectivity index (χ3v) is 4.51. The molecule has 26 heavy (non-hydrogen) atoms. The number of nitrogens with zero attached hydrogens (tertiary/aromatic N) is 3. The van der Waals surface area contributed by atoms with Crippen LogP contribution in [0.4, 0.5) is 0 Å². The lowest BCUT2D eigenvalue weighted by molar-refractivity contribution is -0.121. The van der Waals surface area contributed by atoms with Gasteiger partial charge in [-0.2, -0.15) is 0 Å². The van der Waals surface area contributed by atoms with E-state index >= 15 is 0 Å². The fraction of sp³-hybridized carbons (Fsp3) is 0.526. The lowest BCUT2D eigenvalue weighted by Crippen LogP contribution is -2.27. The Hall–Kier alpha value is -2.57. The molecule has 7 nitrogen and oxygen atoms in total. The van der Waals surface area contributed by atoms with E-state index < -0.39 is 0 Å². The van der Waals surface area contributed by atoms with Gasteiger partial charge in [-0.25, -0.2) is 0 Å². The normalized spacial score (nSPS) is 13.6. The minimum absolute atomic E-state index is 0.0319. The van der Waals surface area contributed by atoms with Crippen LogP contribution in [0.5, 0.6) is 11.5 Å². The number of hydrogen-bond acceptors (Lipinski definition) is 5. The van der Waals surface area contributed by atoms with E-state index in [4.69, 9.17) is 9.47 Å². The summed E-state index contributed by atoms with van der Waals surface area (Å²) >= 11 is 0. The van der Waals surface area contributed by atoms with Crippen LogP contribution >= 0.6 is 0 Å². The van der Waals surface area contributed by atoms with E-state index in [0.29, 0.717) is 37.5 Å². The van der Waals surface area contributed by atoms with Crippen molar-refractivity contribution >= 4 is 5.91 Å². The van der Waals surface area contributed by atoms with Gasteiger partial charge >= 0.3 is 0 Å². The number of rotatable bonds is 8. The highest BCUT2D eigenvalue weighted by Crippen LogP contribution is 2.25. The van der Waals surface area contributed by atoms with Crippen LogP contribution in [0, 0.1) is 0 Å². The van der Waals surface area contributed by atoms with Crippen molar-refractivity contribution in [1.82, 2.24) is 20.1 Å². The monoisotopic (exact) mass is 358 g/mol. The van der Waals surface area contributed by atoms with Gasteiger partial charge in [0.2, 0.25) is 5.91 Å². The van der Waals surface area contributed by atoms with E-state index in [1.807, 2.05) is 24.3 Å². The number of para-hydroxylation sites is 2. The highest BCUT2D eigenvalue weighted by molar-refractivity contribution is 5.75. The van der Waals surface area contributed by atoms with Crippen molar-refractivity contribution < 1.29 is 14.3 Å². The Bertz CT molecular complexity index is 729. The van der Waals surface area contributed by atoms with Crippen molar-refractivity contribution in [2.45, 2.75) is 45.1 Å². The molecule has 1 N–H and O–H groups in total. The van der Waals surface area contributed by atoms with Crippen LogP contribution in [0.1, 0.15) is 37.3 Å². The minimum atomic E-state index is -0.0319. The second-order valence-electron chi connectivity index (χ2n) is 6.34. The predicted octanol–water partition coefficient (Wildman–Crippen LogP) is 2.14. The van der Waals surface area contributed by atoms with Crippen LogP contribution in [0.2, 0.25) is 0 Å². The number of carbonyl (C=O) groups excluding carboxylic acids is 1. The SMILES string of the molecule is COc1ccccc1OCCC(=O)NCCc1nnc2n1CCCCC2. The summed E-state index contributed by atoms with van der Waals surface area (Å²) in [6.45, 7) is 1.86. The van der Waals surface area contributed by atoms with Crippen molar-refractivity contribution in [2.75, 3.05) is 20.3 Å². The number of amides is 1. The highest BCUT2D eigenvalue weighted by atomic mass is 16.5. The molecule has 3 rings (SSSR count). The maximum absolute atomic E-state index is 12.0. The summed E-state index contributed by atoms with van der Waals surface area (Å²) in [6, 6.07) is 7.41. The van der Waals surface area contributed by atoms with E-state index in [1.54, 1.807) is 7.11 Å². The van der Waals surface area contributed by atoms with E-state index in [1.165, 1.54) is 19.3 Å². The van der Waals surface area contributed by atoms with Gasteiger partial charge in [-0.3, -0.25) is 4.79 Å². The van der Waals surface area contributed by atoms with Crippen molar-refractivity contribution in [3.63, 3.8) is 0 Å². The van der Waals surface area contributed by atoms with E-state index in [2.05, 4.69) is 20.1 Å². The molecule has 0 radical (unpaired) electrons. The molecular weight excluding hydrogens is 332 g/mol. The number of aryl methyl sites for hydroxylation is 1. The van der Waals surface area contributed by atoms with Gasteiger partial charge in [0.25, 0.3) is 0 Å². The molecule has 0 saturated heterocycles. The Kier molecular flexibility index (Phi) is 6.46. The number of methoxy groups -OCH3 is 1. The zero-order chi connectivity index (χ0) is 18.2. The van der Waals surface area contributed by atoms with Gasteiger partial charge in [-0.05, 0) is 25.0 Å². The van der Waals surface area contributed by atoms with Crippen molar-refractivity contribution in [1.29, 1.82) is 0 Å². The molecule has 2 aromatic rings. The first kappa shape index (κ1) is 18.2. The number of nitrogens with one attached hydrogen (secondary N) is 1. The summed E-state index contributed by atoms with van der Waals surface area (Å²) in [5.41, 5.74) is 0. The third kappa shape index (κ3) is 4.74. The molecular formula is C19H26N4O3. The fourth-order valence-corrected chi connectivity index (χ4v) is 3.12. The average Bonchev–Trinajstić information content (AvgIpc) is 2.88. The van der Waals surface area contributed by atoms with Gasteiger partial charge in [0.05, 0.1) is 20.1 Å². The van der Waals surface area contributed by atoms with Crippen LogP contribution in [0.3, 0.4) is 0 Å². The molecule has 1 amide bonds. The minimum Gasteiger partial charge on any atom is -0.493 e. The molecule has 140 valence electrons. The van der Waals surface area contributed by atoms with Gasteiger partial charge < -0.3 is 19.4 Å². The molecule has 0 spiro atoms. The zero-order valence-corrected chi connectivity index (χ0v) is 15.2. The van der Waals surface area contributed by atoms with Crippen LogP contribution < -0.4 is 14.8 Å². The first-order valence-corrected chi connectivity index (χ1v) is 9.21. The Morgan fingerprint density at radius 3 is 2.88 bits per heavy atom. The van der Waals surface area contributed by atoms with Crippen molar-refractivity contribution in [3.05, 3.63) is 35.9 Å². The molecule has 0 aliphatic carbocycles. The molecule has 2 heterocycles. The van der Waals surface area contributed by atoms with Gasteiger partial charge in [0, 0.05) is 25.9 Å². The lowest BCUT2D eigenvalue weighted by Gasteiger charge is -2.10. The number of benzene rings is 1. The molecule has 1 aliphatic rings. The Morgan fingerprint density at radius 2 is 2.04 bits per heavy atom. The summed E-state index contributed by atoms with van der Waals surface area (Å²) in [5.74, 6) is 3.33. The Morgan fingerprint density at radius 1 is 1.19 bits per heavy atom. The van der Waals surface area contributed by atoms with Crippen LogP contribution in [0.15, 0.2) is 24.3 Å². The largest absolute Gasteiger partial charge is 0.493 e. The number of ether oxygens (including phenoxy) is 2. The maximum atomic E-state index is 12.0. The van der Waals surface area contributed by atoms with Crippen LogP contribution in [-0.4, -0.2) is 40.9 Å².